The van der Waals surface area contributed by atoms with E-state index < -0.39 is 0 Å². The zero-order valence-electron chi connectivity index (χ0n) is 13.3. The zero-order chi connectivity index (χ0) is 16.1. The summed E-state index contributed by atoms with van der Waals surface area (Å²) in [6.45, 7) is 3.58. The smallest absolute Gasteiger partial charge is 0.161 e. The number of rotatable bonds is 5. The summed E-state index contributed by atoms with van der Waals surface area (Å²) in [5, 5.41) is 0. The topological polar surface area (TPSA) is 35.5 Å². The molecule has 0 heterocycles. The molecule has 2 aromatic carbocycles. The number of methoxy groups -OCH3 is 2. The SMILES string of the molecule is COc1cc(/C=C(\C)c2ccccc2)c(C(C)=O)cc1OC. The molecule has 0 N–H and O–H groups in total. The lowest BCUT2D eigenvalue weighted by atomic mass is 9.98. The van der Waals surface area contributed by atoms with Crippen LogP contribution >= 0.6 is 0 Å². The molecule has 0 amide bonds. The van der Waals surface area contributed by atoms with E-state index >= 15 is 0 Å². The molecule has 0 aliphatic carbocycles. The fourth-order valence-electron chi connectivity index (χ4n) is 2.34. The fraction of sp³-hybridized carbons (Fsp3) is 0.211. The average molecular weight is 296 g/mol. The van der Waals surface area contributed by atoms with Gasteiger partial charge in [0.2, 0.25) is 0 Å². The van der Waals surface area contributed by atoms with E-state index in [2.05, 4.69) is 0 Å². The van der Waals surface area contributed by atoms with E-state index in [4.69, 9.17) is 9.47 Å². The third-order valence-electron chi connectivity index (χ3n) is 3.54. The molecular weight excluding hydrogens is 276 g/mol. The van der Waals surface area contributed by atoms with Crippen molar-refractivity contribution in [2.45, 2.75) is 13.8 Å². The molecule has 2 rings (SSSR count). The lowest BCUT2D eigenvalue weighted by molar-refractivity contribution is 0.101. The Hall–Kier alpha value is -2.55. The molecule has 3 heteroatoms. The van der Waals surface area contributed by atoms with Gasteiger partial charge >= 0.3 is 0 Å². The summed E-state index contributed by atoms with van der Waals surface area (Å²) >= 11 is 0. The molecule has 0 saturated heterocycles. The Bertz CT molecular complexity index is 700. The first-order chi connectivity index (χ1) is 10.6. The minimum Gasteiger partial charge on any atom is -0.493 e. The van der Waals surface area contributed by atoms with Crippen molar-refractivity contribution in [2.24, 2.45) is 0 Å². The van der Waals surface area contributed by atoms with Crippen molar-refractivity contribution in [3.05, 3.63) is 59.2 Å². The van der Waals surface area contributed by atoms with Crippen LogP contribution in [0.5, 0.6) is 11.5 Å². The first-order valence-corrected chi connectivity index (χ1v) is 7.07. The Morgan fingerprint density at radius 3 is 2.09 bits per heavy atom. The Kier molecular flexibility index (Phi) is 4.99. The van der Waals surface area contributed by atoms with Crippen molar-refractivity contribution in [3.63, 3.8) is 0 Å². The minimum absolute atomic E-state index is 0.00642. The Morgan fingerprint density at radius 2 is 1.55 bits per heavy atom. The van der Waals surface area contributed by atoms with Crippen LogP contribution in [-0.2, 0) is 0 Å². The number of ether oxygens (including phenoxy) is 2. The van der Waals surface area contributed by atoms with E-state index in [0.717, 1.165) is 16.7 Å². The van der Waals surface area contributed by atoms with Crippen LogP contribution in [0.25, 0.3) is 11.6 Å². The Morgan fingerprint density at radius 1 is 0.955 bits per heavy atom. The molecule has 0 radical (unpaired) electrons. The number of benzene rings is 2. The van der Waals surface area contributed by atoms with Crippen molar-refractivity contribution >= 4 is 17.4 Å². The number of hydrogen-bond donors (Lipinski definition) is 0. The van der Waals surface area contributed by atoms with Gasteiger partial charge in [-0.1, -0.05) is 36.4 Å². The fourth-order valence-corrected chi connectivity index (χ4v) is 2.34. The largest absolute Gasteiger partial charge is 0.493 e. The molecule has 0 spiro atoms. The van der Waals surface area contributed by atoms with Gasteiger partial charge in [0.25, 0.3) is 0 Å². The van der Waals surface area contributed by atoms with E-state index in [1.54, 1.807) is 27.2 Å². The van der Waals surface area contributed by atoms with Gasteiger partial charge in [-0.25, -0.2) is 0 Å². The first kappa shape index (κ1) is 15.8. The second-order valence-corrected chi connectivity index (χ2v) is 5.04. The van der Waals surface area contributed by atoms with Crippen LogP contribution in [-0.4, -0.2) is 20.0 Å². The molecule has 0 aliphatic rings. The predicted molar refractivity (Wildman–Crippen MR) is 89.5 cm³/mol. The molecule has 0 atom stereocenters. The number of Topliss-reactive ketones (excluding diaryl/α,β-unsaturated/α-hetero) is 1. The van der Waals surface area contributed by atoms with E-state index in [1.165, 1.54) is 0 Å². The number of carbonyl (C=O) groups is 1. The van der Waals surface area contributed by atoms with E-state index in [-0.39, 0.29) is 5.78 Å². The molecular formula is C19H20O3. The third kappa shape index (κ3) is 3.37. The highest BCUT2D eigenvalue weighted by Gasteiger charge is 2.13. The molecule has 0 aromatic heterocycles. The Balaban J connectivity index is 2.56. The van der Waals surface area contributed by atoms with Crippen LogP contribution in [0.2, 0.25) is 0 Å². The summed E-state index contributed by atoms with van der Waals surface area (Å²) in [4.78, 5) is 11.9. The summed E-state index contributed by atoms with van der Waals surface area (Å²) in [6, 6.07) is 13.6. The van der Waals surface area contributed by atoms with Gasteiger partial charge in [0.05, 0.1) is 14.2 Å². The second kappa shape index (κ2) is 6.94. The maximum Gasteiger partial charge on any atom is 0.161 e. The van der Waals surface area contributed by atoms with Crippen LogP contribution in [0.3, 0.4) is 0 Å². The minimum atomic E-state index is -0.00642. The molecule has 0 aliphatic heterocycles. The second-order valence-electron chi connectivity index (χ2n) is 5.04. The van der Waals surface area contributed by atoms with Crippen molar-refractivity contribution in [1.29, 1.82) is 0 Å². The number of hydrogen-bond acceptors (Lipinski definition) is 3. The summed E-state index contributed by atoms with van der Waals surface area (Å²) in [5.41, 5.74) is 3.64. The number of carbonyl (C=O) groups excluding carboxylic acids is 1. The zero-order valence-corrected chi connectivity index (χ0v) is 13.3. The Labute approximate surface area is 131 Å². The van der Waals surface area contributed by atoms with Gasteiger partial charge < -0.3 is 9.47 Å². The highest BCUT2D eigenvalue weighted by atomic mass is 16.5. The predicted octanol–water partition coefficient (Wildman–Crippen LogP) is 4.47. The van der Waals surface area contributed by atoms with E-state index in [0.29, 0.717) is 17.1 Å². The normalized spacial score (nSPS) is 11.2. The van der Waals surface area contributed by atoms with Gasteiger partial charge in [-0.3, -0.25) is 4.79 Å². The lowest BCUT2D eigenvalue weighted by Gasteiger charge is -2.12. The molecule has 0 saturated carbocycles. The van der Waals surface area contributed by atoms with E-state index in [9.17, 15) is 4.79 Å². The van der Waals surface area contributed by atoms with Crippen molar-refractivity contribution in [2.75, 3.05) is 14.2 Å². The monoisotopic (exact) mass is 296 g/mol. The summed E-state index contributed by atoms with van der Waals surface area (Å²) < 4.78 is 10.6. The summed E-state index contributed by atoms with van der Waals surface area (Å²) in [7, 11) is 3.15. The van der Waals surface area contributed by atoms with Crippen LogP contribution in [0.15, 0.2) is 42.5 Å². The molecule has 0 bridgehead atoms. The molecule has 0 unspecified atom stereocenters. The molecule has 2 aromatic rings. The first-order valence-electron chi connectivity index (χ1n) is 7.07. The molecule has 114 valence electrons. The van der Waals surface area contributed by atoms with Crippen LogP contribution in [0.4, 0.5) is 0 Å². The quantitative estimate of drug-likeness (QED) is 0.603. The third-order valence-corrected chi connectivity index (χ3v) is 3.54. The summed E-state index contributed by atoms with van der Waals surface area (Å²) in [6.07, 6.45) is 1.99. The van der Waals surface area contributed by atoms with Gasteiger partial charge in [-0.15, -0.1) is 0 Å². The highest BCUT2D eigenvalue weighted by Crippen LogP contribution is 2.32. The van der Waals surface area contributed by atoms with Crippen molar-refractivity contribution < 1.29 is 14.3 Å². The highest BCUT2D eigenvalue weighted by molar-refractivity contribution is 6.00. The van der Waals surface area contributed by atoms with Gasteiger partial charge in [-0.2, -0.15) is 0 Å². The maximum atomic E-state index is 11.9. The lowest BCUT2D eigenvalue weighted by Crippen LogP contribution is -2.00. The number of allylic oxidation sites excluding steroid dienone is 1. The standard InChI is InChI=1S/C19H20O3/c1-13(15-8-6-5-7-9-15)10-16-11-18(21-3)19(22-4)12-17(16)14(2)20/h5-12H,1-4H3/b13-10+. The van der Waals surface area contributed by atoms with Gasteiger partial charge in [-0.05, 0) is 42.7 Å². The van der Waals surface area contributed by atoms with Crippen LogP contribution in [0.1, 0.15) is 35.3 Å². The summed E-state index contributed by atoms with van der Waals surface area (Å²) in [5.74, 6) is 1.16. The number of ketones is 1. The van der Waals surface area contributed by atoms with Crippen LogP contribution in [0, 0.1) is 0 Å². The molecule has 3 nitrogen and oxygen atoms in total. The van der Waals surface area contributed by atoms with Crippen molar-refractivity contribution in [1.82, 2.24) is 0 Å². The van der Waals surface area contributed by atoms with Gasteiger partial charge in [0.15, 0.2) is 17.3 Å². The van der Waals surface area contributed by atoms with E-state index in [1.807, 2.05) is 49.4 Å². The molecule has 22 heavy (non-hydrogen) atoms. The maximum absolute atomic E-state index is 11.9. The van der Waals surface area contributed by atoms with Gasteiger partial charge in [0.1, 0.15) is 0 Å². The molecule has 0 fully saturated rings. The van der Waals surface area contributed by atoms with Crippen molar-refractivity contribution in [3.8, 4) is 11.5 Å². The van der Waals surface area contributed by atoms with Crippen LogP contribution < -0.4 is 9.47 Å². The van der Waals surface area contributed by atoms with Gasteiger partial charge in [0, 0.05) is 5.56 Å². The average Bonchev–Trinajstić information content (AvgIpc) is 2.54.